The lowest BCUT2D eigenvalue weighted by molar-refractivity contribution is -0.182. The number of hydrogen-bond acceptors (Lipinski definition) is 4. The van der Waals surface area contributed by atoms with Gasteiger partial charge in [0, 0.05) is 29.4 Å². The molecule has 2 aromatic heterocycles. The Balaban J connectivity index is 0.000000200. The zero-order valence-electron chi connectivity index (χ0n) is 20.2. The molecule has 2 aromatic rings. The van der Waals surface area contributed by atoms with E-state index in [9.17, 15) is 27.2 Å². The van der Waals surface area contributed by atoms with Crippen molar-refractivity contribution in [3.63, 3.8) is 0 Å². The van der Waals surface area contributed by atoms with Crippen LogP contribution in [0.15, 0.2) is 18.3 Å². The number of halogens is 4. The number of pyridine rings is 1. The summed E-state index contributed by atoms with van der Waals surface area (Å²) >= 11 is 0. The average molecular weight is 510 g/mol. The maximum absolute atomic E-state index is 13.9. The SMILES string of the molecule is Cc1cc(-c2cc(C(=O)N3C4CCC[C@@H]3CC4)[nH]n2)c(F)cn1.O=CNC1CCC(C(F)(F)F)CC1. The lowest BCUT2D eigenvalue weighted by Gasteiger charge is -2.34. The molecule has 5 rings (SSSR count). The van der Waals surface area contributed by atoms with Gasteiger partial charge in [0.15, 0.2) is 5.82 Å². The first kappa shape index (κ1) is 26.1. The second-order valence-electron chi connectivity index (χ2n) is 9.88. The summed E-state index contributed by atoms with van der Waals surface area (Å²) in [4.78, 5) is 28.8. The van der Waals surface area contributed by atoms with Crippen LogP contribution in [0.25, 0.3) is 11.3 Å². The molecule has 1 aliphatic carbocycles. The summed E-state index contributed by atoms with van der Waals surface area (Å²) in [6, 6.07) is 3.94. The van der Waals surface area contributed by atoms with E-state index in [2.05, 4.69) is 20.5 Å². The summed E-state index contributed by atoms with van der Waals surface area (Å²) in [6.45, 7) is 1.80. The highest BCUT2D eigenvalue weighted by Gasteiger charge is 2.41. The summed E-state index contributed by atoms with van der Waals surface area (Å²) in [5, 5.41) is 9.43. The third-order valence-electron chi connectivity index (χ3n) is 7.50. The first-order valence-electron chi connectivity index (χ1n) is 12.4. The van der Waals surface area contributed by atoms with Gasteiger partial charge in [-0.1, -0.05) is 0 Å². The number of amides is 2. The fourth-order valence-electron chi connectivity index (χ4n) is 5.58. The molecule has 2 amide bonds. The van der Waals surface area contributed by atoms with Crippen molar-refractivity contribution in [1.82, 2.24) is 25.4 Å². The molecule has 7 nitrogen and oxygen atoms in total. The number of aryl methyl sites for hydroxylation is 1. The van der Waals surface area contributed by atoms with E-state index in [-0.39, 0.29) is 24.8 Å². The first-order chi connectivity index (χ1) is 17.2. The number of piperidine rings is 1. The Morgan fingerprint density at radius 1 is 1.08 bits per heavy atom. The Kier molecular flexibility index (Phi) is 7.94. The highest BCUT2D eigenvalue weighted by atomic mass is 19.4. The molecule has 2 bridgehead atoms. The molecule has 1 saturated carbocycles. The van der Waals surface area contributed by atoms with E-state index in [1.807, 2.05) is 4.90 Å². The number of H-pyrrole nitrogens is 1. The molecule has 2 N–H and O–H groups in total. The van der Waals surface area contributed by atoms with Gasteiger partial charge in [-0.25, -0.2) is 4.39 Å². The van der Waals surface area contributed by atoms with Crippen LogP contribution in [0.3, 0.4) is 0 Å². The molecule has 2 atom stereocenters. The van der Waals surface area contributed by atoms with Crippen molar-refractivity contribution in [2.75, 3.05) is 0 Å². The van der Waals surface area contributed by atoms with E-state index >= 15 is 0 Å². The minimum atomic E-state index is -4.06. The zero-order chi connectivity index (χ0) is 25.9. The number of carbonyl (C=O) groups excluding carboxylic acids is 2. The van der Waals surface area contributed by atoms with Crippen molar-refractivity contribution in [3.05, 3.63) is 35.5 Å². The molecule has 2 saturated heterocycles. The largest absolute Gasteiger partial charge is 0.391 e. The zero-order valence-corrected chi connectivity index (χ0v) is 20.2. The van der Waals surface area contributed by atoms with Crippen LogP contribution in [0, 0.1) is 18.7 Å². The number of aromatic nitrogens is 3. The molecule has 36 heavy (non-hydrogen) atoms. The lowest BCUT2D eigenvalue weighted by atomic mass is 9.86. The van der Waals surface area contributed by atoms with Crippen LogP contribution in [-0.2, 0) is 4.79 Å². The predicted octanol–water partition coefficient (Wildman–Crippen LogP) is 4.93. The van der Waals surface area contributed by atoms with Crippen LogP contribution in [-0.4, -0.2) is 56.7 Å². The number of hydrogen-bond donors (Lipinski definition) is 2. The van der Waals surface area contributed by atoms with Crippen molar-refractivity contribution in [2.24, 2.45) is 5.92 Å². The van der Waals surface area contributed by atoms with Crippen LogP contribution in [0.1, 0.15) is 74.0 Å². The number of alkyl halides is 3. The number of nitrogens with zero attached hydrogens (tertiary/aromatic N) is 3. The van der Waals surface area contributed by atoms with Gasteiger partial charge in [-0.05, 0) is 76.8 Å². The Morgan fingerprint density at radius 2 is 1.75 bits per heavy atom. The van der Waals surface area contributed by atoms with Crippen molar-refractivity contribution in [3.8, 4) is 11.3 Å². The molecular weight excluding hydrogens is 478 g/mol. The van der Waals surface area contributed by atoms with Gasteiger partial charge < -0.3 is 10.2 Å². The van der Waals surface area contributed by atoms with Crippen LogP contribution in [0.5, 0.6) is 0 Å². The molecule has 3 aliphatic rings. The molecular formula is C25H31F4N5O2. The summed E-state index contributed by atoms with van der Waals surface area (Å²) in [5.41, 5.74) is 1.97. The van der Waals surface area contributed by atoms with E-state index in [0.29, 0.717) is 54.0 Å². The fourth-order valence-corrected chi connectivity index (χ4v) is 5.58. The number of aromatic amines is 1. The van der Waals surface area contributed by atoms with Crippen molar-refractivity contribution < 1.29 is 27.2 Å². The van der Waals surface area contributed by atoms with Gasteiger partial charge in [-0.3, -0.25) is 19.7 Å². The lowest BCUT2D eigenvalue weighted by Crippen LogP contribution is -2.44. The summed E-state index contributed by atoms with van der Waals surface area (Å²) in [5.74, 6) is -1.61. The van der Waals surface area contributed by atoms with Gasteiger partial charge in [-0.2, -0.15) is 18.3 Å². The number of fused-ring (bicyclic) bond motifs is 2. The molecule has 2 aliphatic heterocycles. The third kappa shape index (κ3) is 5.87. The third-order valence-corrected chi connectivity index (χ3v) is 7.50. The molecule has 0 radical (unpaired) electrons. The second-order valence-corrected chi connectivity index (χ2v) is 9.88. The van der Waals surface area contributed by atoms with Gasteiger partial charge in [-0.15, -0.1) is 0 Å². The van der Waals surface area contributed by atoms with Gasteiger partial charge in [0.2, 0.25) is 6.41 Å². The van der Waals surface area contributed by atoms with E-state index in [1.165, 1.54) is 12.6 Å². The quantitative estimate of drug-likeness (QED) is 0.452. The topological polar surface area (TPSA) is 91.0 Å². The summed E-state index contributed by atoms with van der Waals surface area (Å²) in [7, 11) is 0. The Bertz CT molecular complexity index is 1050. The Hall–Kier alpha value is -2.98. The number of nitrogens with one attached hydrogen (secondary N) is 2. The average Bonchev–Trinajstić information content (AvgIpc) is 3.43. The summed E-state index contributed by atoms with van der Waals surface area (Å²) < 4.78 is 50.4. The van der Waals surface area contributed by atoms with Crippen LogP contribution >= 0.6 is 0 Å². The van der Waals surface area contributed by atoms with Gasteiger partial charge in [0.25, 0.3) is 5.91 Å². The second kappa shape index (κ2) is 11.0. The molecule has 1 unspecified atom stereocenters. The Morgan fingerprint density at radius 3 is 2.36 bits per heavy atom. The monoisotopic (exact) mass is 509 g/mol. The Labute approximate surface area is 207 Å². The smallest absolute Gasteiger partial charge is 0.356 e. The molecule has 11 heteroatoms. The van der Waals surface area contributed by atoms with E-state index in [1.54, 1.807) is 19.1 Å². The van der Waals surface area contributed by atoms with E-state index in [0.717, 1.165) is 25.7 Å². The number of carbonyl (C=O) groups is 2. The molecule has 3 fully saturated rings. The van der Waals surface area contributed by atoms with Crippen LogP contribution < -0.4 is 5.32 Å². The minimum Gasteiger partial charge on any atom is -0.356 e. The molecule has 0 spiro atoms. The minimum absolute atomic E-state index is 0.0119. The molecule has 196 valence electrons. The normalized spacial score (nSPS) is 25.6. The van der Waals surface area contributed by atoms with Crippen molar-refractivity contribution >= 4 is 12.3 Å². The highest BCUT2D eigenvalue weighted by Crippen LogP contribution is 2.38. The fraction of sp³-hybridized carbons (Fsp3) is 0.600. The van der Waals surface area contributed by atoms with Gasteiger partial charge in [0.1, 0.15) is 5.69 Å². The van der Waals surface area contributed by atoms with Gasteiger partial charge >= 0.3 is 6.18 Å². The highest BCUT2D eigenvalue weighted by molar-refractivity contribution is 5.94. The standard InChI is InChI=1S/C17H19FN4O.C8H12F3NO/c1-10-7-13(14(18)9-19-10)15-8-16(21-20-15)17(23)22-11-3-2-4-12(22)6-5-11;9-8(10,11)6-1-3-7(4-2-6)12-5-13/h7-9,11-12H,2-6H2,1H3,(H,20,21);5-7H,1-4H2,(H,12,13)/t11-,12?;/m1./s1. The van der Waals surface area contributed by atoms with Crippen molar-refractivity contribution in [1.29, 1.82) is 0 Å². The summed E-state index contributed by atoms with van der Waals surface area (Å²) in [6.07, 6.45) is 4.37. The number of rotatable bonds is 4. The van der Waals surface area contributed by atoms with Gasteiger partial charge in [0.05, 0.1) is 17.8 Å². The predicted molar refractivity (Wildman–Crippen MR) is 124 cm³/mol. The van der Waals surface area contributed by atoms with Crippen molar-refractivity contribution in [2.45, 2.75) is 89.0 Å². The van der Waals surface area contributed by atoms with Crippen LogP contribution in [0.2, 0.25) is 0 Å². The molecule has 4 heterocycles. The van der Waals surface area contributed by atoms with E-state index < -0.39 is 17.9 Å². The maximum atomic E-state index is 13.9. The van der Waals surface area contributed by atoms with E-state index in [4.69, 9.17) is 0 Å². The van der Waals surface area contributed by atoms with Crippen LogP contribution in [0.4, 0.5) is 17.6 Å². The molecule has 0 aromatic carbocycles. The first-order valence-corrected chi connectivity index (χ1v) is 12.4. The maximum Gasteiger partial charge on any atom is 0.391 e.